The summed E-state index contributed by atoms with van der Waals surface area (Å²) in [5.41, 5.74) is 5.30. The number of halogens is 7. The Morgan fingerprint density at radius 1 is 1.00 bits per heavy atom. The van der Waals surface area contributed by atoms with Gasteiger partial charge in [-0.2, -0.15) is 0 Å². The van der Waals surface area contributed by atoms with E-state index in [2.05, 4.69) is 20.4 Å². The molecule has 14 heteroatoms. The topological polar surface area (TPSA) is 106 Å². The molecule has 0 radical (unpaired) electrons. The van der Waals surface area contributed by atoms with E-state index in [4.69, 9.17) is 28.9 Å². The lowest BCUT2D eigenvalue weighted by Crippen LogP contribution is -2.30. The van der Waals surface area contributed by atoms with E-state index in [-0.39, 0.29) is 43.8 Å². The van der Waals surface area contributed by atoms with E-state index in [0.29, 0.717) is 0 Å². The van der Waals surface area contributed by atoms with Gasteiger partial charge in [0.15, 0.2) is 0 Å². The minimum absolute atomic E-state index is 0.0188. The van der Waals surface area contributed by atoms with Crippen LogP contribution in [0.3, 0.4) is 0 Å². The van der Waals surface area contributed by atoms with Gasteiger partial charge in [0.05, 0.1) is 34.1 Å². The molecule has 0 spiro atoms. The zero-order valence-corrected chi connectivity index (χ0v) is 19.4. The van der Waals surface area contributed by atoms with Crippen molar-refractivity contribution >= 4 is 46.4 Å². The molecule has 0 atom stereocenters. The minimum atomic E-state index is -4.83. The van der Waals surface area contributed by atoms with Gasteiger partial charge < -0.3 is 16.4 Å². The smallest absolute Gasteiger partial charge is 0.398 e. The van der Waals surface area contributed by atoms with Crippen molar-refractivity contribution in [3.05, 3.63) is 75.5 Å². The second kappa shape index (κ2) is 11.1. The van der Waals surface area contributed by atoms with Gasteiger partial charge in [-0.15, -0.1) is 13.2 Å². The number of nitrogen functional groups attached to an aromatic ring is 1. The van der Waals surface area contributed by atoms with Crippen LogP contribution in [-0.2, 0) is 4.74 Å². The number of aromatic nitrogens is 1. The van der Waals surface area contributed by atoms with E-state index in [1.165, 1.54) is 6.07 Å². The normalized spacial score (nSPS) is 11.3. The first-order valence-electron chi connectivity index (χ1n) is 9.86. The molecule has 3 rings (SSSR count). The number of carbonyl (C=O) groups excluding carboxylic acids is 2. The highest BCUT2D eigenvalue weighted by Gasteiger charge is 2.28. The molecule has 0 aliphatic rings. The largest absolute Gasteiger partial charge is 0.522 e. The Morgan fingerprint density at radius 3 is 2.36 bits per heavy atom. The Hall–Kier alpha value is -3.48. The van der Waals surface area contributed by atoms with Gasteiger partial charge in [0.1, 0.15) is 17.3 Å². The van der Waals surface area contributed by atoms with E-state index in [0.717, 1.165) is 36.5 Å². The molecular formula is C22H15Cl2F5N4O3. The number of nitrogens with two attached hydrogens (primary N) is 1. The number of amides is 2. The summed E-state index contributed by atoms with van der Waals surface area (Å²) in [6.07, 6.45) is -3.77. The summed E-state index contributed by atoms with van der Waals surface area (Å²) in [7, 11) is 0. The number of nitrogens with one attached hydrogen (secondary N) is 2. The maximum atomic E-state index is 14.8. The molecule has 1 heterocycles. The van der Waals surface area contributed by atoms with Gasteiger partial charge >= 0.3 is 6.36 Å². The van der Waals surface area contributed by atoms with Gasteiger partial charge in [-0.3, -0.25) is 14.3 Å². The summed E-state index contributed by atoms with van der Waals surface area (Å²) in [5, 5.41) is 4.19. The van der Waals surface area contributed by atoms with Crippen molar-refractivity contribution in [2.45, 2.75) is 6.36 Å². The number of ether oxygens (including phenoxy) is 1. The molecule has 7 nitrogen and oxygen atoms in total. The monoisotopic (exact) mass is 548 g/mol. The van der Waals surface area contributed by atoms with Crippen molar-refractivity contribution in [3.8, 4) is 11.1 Å². The predicted molar refractivity (Wildman–Crippen MR) is 123 cm³/mol. The molecule has 4 N–H and O–H groups in total. The van der Waals surface area contributed by atoms with E-state index in [1.807, 2.05) is 0 Å². The fourth-order valence-electron chi connectivity index (χ4n) is 2.99. The summed E-state index contributed by atoms with van der Waals surface area (Å²) >= 11 is 12.2. The van der Waals surface area contributed by atoms with Gasteiger partial charge in [-0.25, -0.2) is 13.8 Å². The quantitative estimate of drug-likeness (QED) is 0.207. The third-order valence-electron chi connectivity index (χ3n) is 4.57. The SMILES string of the molecule is Nc1cc(F)ccc1-c1cc(Cl)c(C(=O)Nc2cnc(C(=O)NCCOC(F)(F)F)c(Cl)c2)cc1F. The summed E-state index contributed by atoms with van der Waals surface area (Å²) in [6.45, 7) is -1.27. The molecule has 0 aliphatic heterocycles. The van der Waals surface area contributed by atoms with Crippen LogP contribution in [0.5, 0.6) is 0 Å². The van der Waals surface area contributed by atoms with Crippen LogP contribution in [0.2, 0.25) is 10.0 Å². The molecule has 0 saturated heterocycles. The van der Waals surface area contributed by atoms with Crippen LogP contribution in [0.1, 0.15) is 20.8 Å². The third kappa shape index (κ3) is 6.80. The fourth-order valence-corrected chi connectivity index (χ4v) is 3.49. The maximum absolute atomic E-state index is 14.8. The Labute approximate surface area is 210 Å². The van der Waals surface area contributed by atoms with Crippen molar-refractivity contribution in [2.75, 3.05) is 24.2 Å². The van der Waals surface area contributed by atoms with Gasteiger partial charge in [0.25, 0.3) is 11.8 Å². The molecule has 0 saturated carbocycles. The second-order valence-electron chi connectivity index (χ2n) is 7.10. The molecule has 1 aromatic heterocycles. The number of rotatable bonds is 7. The number of hydrogen-bond donors (Lipinski definition) is 3. The van der Waals surface area contributed by atoms with Crippen LogP contribution in [0.15, 0.2) is 42.6 Å². The van der Waals surface area contributed by atoms with Crippen LogP contribution >= 0.6 is 23.2 Å². The number of carbonyl (C=O) groups is 2. The van der Waals surface area contributed by atoms with E-state index >= 15 is 0 Å². The van der Waals surface area contributed by atoms with Crippen molar-refractivity contribution in [1.82, 2.24) is 10.3 Å². The summed E-state index contributed by atoms with van der Waals surface area (Å²) in [5.74, 6) is -3.16. The average Bonchev–Trinajstić information content (AvgIpc) is 2.77. The first-order valence-corrected chi connectivity index (χ1v) is 10.6. The molecule has 190 valence electrons. The molecule has 36 heavy (non-hydrogen) atoms. The number of anilines is 2. The Morgan fingerprint density at radius 2 is 1.72 bits per heavy atom. The summed E-state index contributed by atoms with van der Waals surface area (Å²) < 4.78 is 67.5. The highest BCUT2D eigenvalue weighted by molar-refractivity contribution is 6.35. The van der Waals surface area contributed by atoms with Crippen molar-refractivity contribution < 1.29 is 36.3 Å². The van der Waals surface area contributed by atoms with E-state index in [9.17, 15) is 31.5 Å². The molecular weight excluding hydrogens is 534 g/mol. The summed E-state index contributed by atoms with van der Waals surface area (Å²) in [6, 6.07) is 6.57. The number of nitrogens with zero attached hydrogens (tertiary/aromatic N) is 1. The standard InChI is InChI=1S/C22H15Cl2F5N4O3/c23-15-7-13(12-2-1-10(25)5-18(12)30)17(26)8-14(15)20(34)33-11-6-16(24)19(32-9-11)21(35)31-3-4-36-22(27,28)29/h1-2,5-9H,3-4,30H2,(H,31,35)(H,33,34). The van der Waals surface area contributed by atoms with Crippen molar-refractivity contribution in [1.29, 1.82) is 0 Å². The Bertz CT molecular complexity index is 1320. The molecule has 3 aromatic rings. The van der Waals surface area contributed by atoms with Gasteiger partial charge in [-0.05, 0) is 36.4 Å². The zero-order valence-electron chi connectivity index (χ0n) is 17.9. The van der Waals surface area contributed by atoms with Gasteiger partial charge in [0, 0.05) is 23.4 Å². The number of pyridine rings is 1. The fraction of sp³-hybridized carbons (Fsp3) is 0.136. The van der Waals surface area contributed by atoms with Crippen LogP contribution in [0.4, 0.5) is 33.3 Å². The molecule has 0 bridgehead atoms. The lowest BCUT2D eigenvalue weighted by atomic mass is 10.0. The Balaban J connectivity index is 1.71. The van der Waals surface area contributed by atoms with E-state index < -0.39 is 43.0 Å². The predicted octanol–water partition coefficient (Wildman–Crippen LogP) is 5.43. The first kappa shape index (κ1) is 27.1. The minimum Gasteiger partial charge on any atom is -0.398 e. The highest BCUT2D eigenvalue weighted by Crippen LogP contribution is 2.33. The molecule has 0 fully saturated rings. The molecule has 2 aromatic carbocycles. The van der Waals surface area contributed by atoms with Gasteiger partial charge in [0.2, 0.25) is 0 Å². The highest BCUT2D eigenvalue weighted by atomic mass is 35.5. The molecule has 0 unspecified atom stereocenters. The average molecular weight is 549 g/mol. The maximum Gasteiger partial charge on any atom is 0.522 e. The lowest BCUT2D eigenvalue weighted by molar-refractivity contribution is -0.323. The number of hydrogen-bond acceptors (Lipinski definition) is 5. The second-order valence-corrected chi connectivity index (χ2v) is 7.92. The first-order chi connectivity index (χ1) is 16.9. The molecule has 0 aliphatic carbocycles. The van der Waals surface area contributed by atoms with Crippen molar-refractivity contribution in [2.24, 2.45) is 0 Å². The van der Waals surface area contributed by atoms with Crippen LogP contribution in [0, 0.1) is 11.6 Å². The van der Waals surface area contributed by atoms with Crippen molar-refractivity contribution in [3.63, 3.8) is 0 Å². The van der Waals surface area contributed by atoms with Crippen LogP contribution in [0.25, 0.3) is 11.1 Å². The number of alkyl halides is 3. The Kier molecular flexibility index (Phi) is 8.33. The number of benzene rings is 2. The van der Waals surface area contributed by atoms with E-state index in [1.54, 1.807) is 0 Å². The molecule has 2 amide bonds. The van der Waals surface area contributed by atoms with Crippen LogP contribution in [-0.4, -0.2) is 36.3 Å². The van der Waals surface area contributed by atoms with Crippen LogP contribution < -0.4 is 16.4 Å². The van der Waals surface area contributed by atoms with Gasteiger partial charge in [-0.1, -0.05) is 23.2 Å². The summed E-state index contributed by atoms with van der Waals surface area (Å²) in [4.78, 5) is 28.5. The lowest BCUT2D eigenvalue weighted by Gasteiger charge is -2.12. The third-order valence-corrected chi connectivity index (χ3v) is 5.17. The zero-order chi connectivity index (χ0) is 26.6.